The van der Waals surface area contributed by atoms with Crippen LogP contribution in [0.1, 0.15) is 0 Å². The third kappa shape index (κ3) is 4.49. The molecule has 8 aromatic carbocycles. The van der Waals surface area contributed by atoms with Crippen molar-refractivity contribution in [3.63, 3.8) is 0 Å². The van der Waals surface area contributed by atoms with E-state index < -0.39 is 0 Å². The molecule has 0 saturated carbocycles. The van der Waals surface area contributed by atoms with Gasteiger partial charge in [0.15, 0.2) is 17.5 Å². The second-order valence-electron chi connectivity index (χ2n) is 12.4. The van der Waals surface area contributed by atoms with Crippen LogP contribution in [0.4, 0.5) is 0 Å². The van der Waals surface area contributed by atoms with E-state index in [-0.39, 0.29) is 0 Å². The fourth-order valence-corrected chi connectivity index (χ4v) is 7.21. The fourth-order valence-electron chi connectivity index (χ4n) is 7.21. The van der Waals surface area contributed by atoms with E-state index in [1.54, 1.807) is 0 Å². The molecule has 0 aliphatic heterocycles. The summed E-state index contributed by atoms with van der Waals surface area (Å²) in [6.45, 7) is 0. The number of benzene rings is 8. The van der Waals surface area contributed by atoms with Crippen LogP contribution in [0.5, 0.6) is 0 Å². The number of nitrogens with zero attached hydrogens (tertiary/aromatic N) is 3. The van der Waals surface area contributed by atoms with Crippen molar-refractivity contribution in [2.24, 2.45) is 0 Å². The summed E-state index contributed by atoms with van der Waals surface area (Å²) in [6, 6.07) is 56.9. The summed E-state index contributed by atoms with van der Waals surface area (Å²) in [7, 11) is 0. The molecule has 0 atom stereocenters. The summed E-state index contributed by atoms with van der Waals surface area (Å²) in [6.07, 6.45) is 0. The van der Waals surface area contributed by atoms with Crippen LogP contribution in [-0.4, -0.2) is 15.0 Å². The van der Waals surface area contributed by atoms with Crippen molar-refractivity contribution in [2.45, 2.75) is 0 Å². The Morgan fingerprint density at radius 3 is 1.76 bits per heavy atom. The fraction of sp³-hybridized carbons (Fsp3) is 0. The minimum atomic E-state index is 0.629. The first-order valence-electron chi connectivity index (χ1n) is 16.4. The van der Waals surface area contributed by atoms with E-state index in [9.17, 15) is 0 Å². The zero-order valence-electron chi connectivity index (χ0n) is 26.3. The first kappa shape index (κ1) is 27.5. The Morgan fingerprint density at radius 1 is 0.327 bits per heavy atom. The first-order chi connectivity index (χ1) is 24.3. The minimum Gasteiger partial charge on any atom is -0.456 e. The molecule has 10 aromatic rings. The molecule has 2 heterocycles. The van der Waals surface area contributed by atoms with Gasteiger partial charge in [-0.2, -0.15) is 0 Å². The number of rotatable bonds is 4. The maximum atomic E-state index is 6.18. The topological polar surface area (TPSA) is 51.8 Å². The lowest BCUT2D eigenvalue weighted by atomic mass is 9.92. The highest BCUT2D eigenvalue weighted by atomic mass is 16.3. The van der Waals surface area contributed by atoms with Gasteiger partial charge in [0.25, 0.3) is 0 Å². The number of para-hydroxylation sites is 1. The standard InChI is InChI=1S/C45H27N3O/c1-2-12-30(13-3-1)43-46-44(31-23-21-29(22-24-31)35-18-10-20-40-42(35)37-17-8-9-19-39(37)49-40)48-45(47-43)38-27-32-14-5-6-15-33(32)36-26-25-28-11-4-7-16-34(28)41(36)38/h1-27H. The van der Waals surface area contributed by atoms with Crippen LogP contribution in [-0.2, 0) is 0 Å². The molecule has 0 saturated heterocycles. The highest BCUT2D eigenvalue weighted by molar-refractivity contribution is 6.22. The Labute approximate surface area is 282 Å². The molecular weight excluding hydrogens is 599 g/mol. The largest absolute Gasteiger partial charge is 0.456 e. The van der Waals surface area contributed by atoms with Gasteiger partial charge in [-0.1, -0.05) is 146 Å². The Bertz CT molecular complexity index is 2870. The maximum absolute atomic E-state index is 6.18. The van der Waals surface area contributed by atoms with E-state index in [0.29, 0.717) is 17.5 Å². The lowest BCUT2D eigenvalue weighted by Gasteiger charge is -2.14. The van der Waals surface area contributed by atoms with Gasteiger partial charge >= 0.3 is 0 Å². The molecule has 228 valence electrons. The average molecular weight is 626 g/mol. The summed E-state index contributed by atoms with van der Waals surface area (Å²) >= 11 is 0. The maximum Gasteiger partial charge on any atom is 0.164 e. The molecule has 0 unspecified atom stereocenters. The van der Waals surface area contributed by atoms with Crippen LogP contribution >= 0.6 is 0 Å². The molecule has 4 heteroatoms. The second kappa shape index (κ2) is 11.0. The van der Waals surface area contributed by atoms with Crippen molar-refractivity contribution in [3.05, 3.63) is 164 Å². The molecule has 0 aliphatic rings. The lowest BCUT2D eigenvalue weighted by Crippen LogP contribution is -2.01. The molecule has 0 amide bonds. The molecule has 2 aromatic heterocycles. The molecule has 0 spiro atoms. The quantitative estimate of drug-likeness (QED) is 0.183. The van der Waals surface area contributed by atoms with Crippen LogP contribution in [0.15, 0.2) is 168 Å². The van der Waals surface area contributed by atoms with E-state index in [1.165, 1.54) is 21.5 Å². The molecule has 0 N–H and O–H groups in total. The normalized spacial score (nSPS) is 11.7. The van der Waals surface area contributed by atoms with Crippen LogP contribution in [0.25, 0.3) is 99.5 Å². The lowest BCUT2D eigenvalue weighted by molar-refractivity contribution is 0.669. The van der Waals surface area contributed by atoms with E-state index in [2.05, 4.69) is 127 Å². The summed E-state index contributed by atoms with van der Waals surface area (Å²) < 4.78 is 6.18. The van der Waals surface area contributed by atoms with Crippen molar-refractivity contribution >= 4 is 54.3 Å². The molecule has 0 fully saturated rings. The summed E-state index contributed by atoms with van der Waals surface area (Å²) in [5.74, 6) is 1.92. The number of hydrogen-bond donors (Lipinski definition) is 0. The average Bonchev–Trinajstić information content (AvgIpc) is 3.57. The SMILES string of the molecule is c1ccc(-c2nc(-c3ccc(-c4cccc5oc6ccccc6c45)cc3)nc(-c3cc4ccccc4c4ccc5ccccc5c34)n2)cc1. The molecule has 0 radical (unpaired) electrons. The Hall–Kier alpha value is -6.65. The van der Waals surface area contributed by atoms with Gasteiger partial charge in [-0.05, 0) is 56.3 Å². The van der Waals surface area contributed by atoms with Gasteiger partial charge in [-0.25, -0.2) is 15.0 Å². The predicted molar refractivity (Wildman–Crippen MR) is 201 cm³/mol. The predicted octanol–water partition coefficient (Wildman–Crippen LogP) is 11.9. The summed E-state index contributed by atoms with van der Waals surface area (Å²) in [5, 5.41) is 9.27. The van der Waals surface area contributed by atoms with Gasteiger partial charge in [-0.3, -0.25) is 0 Å². The van der Waals surface area contributed by atoms with E-state index in [0.717, 1.165) is 60.5 Å². The van der Waals surface area contributed by atoms with Crippen molar-refractivity contribution in [3.8, 4) is 45.3 Å². The number of aromatic nitrogens is 3. The van der Waals surface area contributed by atoms with Gasteiger partial charge in [-0.15, -0.1) is 0 Å². The van der Waals surface area contributed by atoms with Crippen LogP contribution < -0.4 is 0 Å². The highest BCUT2D eigenvalue weighted by Gasteiger charge is 2.18. The number of furan rings is 1. The van der Waals surface area contributed by atoms with Gasteiger partial charge in [0.05, 0.1) is 0 Å². The van der Waals surface area contributed by atoms with Crippen molar-refractivity contribution in [1.82, 2.24) is 15.0 Å². The molecular formula is C45H27N3O. The number of fused-ring (bicyclic) bond motifs is 8. The van der Waals surface area contributed by atoms with Gasteiger partial charge in [0.2, 0.25) is 0 Å². The third-order valence-electron chi connectivity index (χ3n) is 9.51. The molecule has 49 heavy (non-hydrogen) atoms. The Balaban J connectivity index is 1.19. The zero-order chi connectivity index (χ0) is 32.3. The van der Waals surface area contributed by atoms with Crippen molar-refractivity contribution in [2.75, 3.05) is 0 Å². The van der Waals surface area contributed by atoms with Crippen LogP contribution in [0.3, 0.4) is 0 Å². The van der Waals surface area contributed by atoms with Gasteiger partial charge < -0.3 is 4.42 Å². The Kier molecular flexibility index (Phi) is 6.15. The minimum absolute atomic E-state index is 0.629. The monoisotopic (exact) mass is 625 g/mol. The van der Waals surface area contributed by atoms with Gasteiger partial charge in [0.1, 0.15) is 11.2 Å². The molecule has 0 aliphatic carbocycles. The zero-order valence-corrected chi connectivity index (χ0v) is 26.3. The van der Waals surface area contributed by atoms with Gasteiger partial charge in [0, 0.05) is 32.8 Å². The third-order valence-corrected chi connectivity index (χ3v) is 9.51. The van der Waals surface area contributed by atoms with E-state index >= 15 is 0 Å². The highest BCUT2D eigenvalue weighted by Crippen LogP contribution is 2.40. The van der Waals surface area contributed by atoms with Crippen LogP contribution in [0.2, 0.25) is 0 Å². The Morgan fingerprint density at radius 2 is 0.939 bits per heavy atom. The molecule has 10 rings (SSSR count). The van der Waals surface area contributed by atoms with E-state index in [1.807, 2.05) is 36.4 Å². The van der Waals surface area contributed by atoms with Crippen LogP contribution in [0, 0.1) is 0 Å². The number of hydrogen-bond acceptors (Lipinski definition) is 4. The van der Waals surface area contributed by atoms with Crippen molar-refractivity contribution < 1.29 is 4.42 Å². The summed E-state index contributed by atoms with van der Waals surface area (Å²) in [5.41, 5.74) is 6.85. The summed E-state index contributed by atoms with van der Waals surface area (Å²) in [4.78, 5) is 15.4. The smallest absolute Gasteiger partial charge is 0.164 e. The van der Waals surface area contributed by atoms with Crippen molar-refractivity contribution in [1.29, 1.82) is 0 Å². The second-order valence-corrected chi connectivity index (χ2v) is 12.4. The molecule has 4 nitrogen and oxygen atoms in total. The first-order valence-corrected chi connectivity index (χ1v) is 16.4. The van der Waals surface area contributed by atoms with E-state index in [4.69, 9.17) is 19.4 Å². The molecule has 0 bridgehead atoms.